The van der Waals surface area contributed by atoms with Crippen molar-refractivity contribution < 1.29 is 0 Å². The van der Waals surface area contributed by atoms with Crippen molar-refractivity contribution >= 4 is 5.69 Å². The summed E-state index contributed by atoms with van der Waals surface area (Å²) in [6, 6.07) is 8.17. The molecule has 0 unspecified atom stereocenters. The molecular weight excluding hydrogens is 172 g/mol. The molecule has 0 saturated carbocycles. The van der Waals surface area contributed by atoms with Crippen LogP contribution in [0.3, 0.4) is 0 Å². The highest BCUT2D eigenvalue weighted by molar-refractivity contribution is 5.46. The Morgan fingerprint density at radius 2 is 2.14 bits per heavy atom. The molecule has 2 heteroatoms. The van der Waals surface area contributed by atoms with E-state index in [0.29, 0.717) is 0 Å². The van der Waals surface area contributed by atoms with Gasteiger partial charge >= 0.3 is 0 Å². The molecule has 0 amide bonds. The quantitative estimate of drug-likeness (QED) is 0.718. The predicted octanol–water partition coefficient (Wildman–Crippen LogP) is 2.23. The summed E-state index contributed by atoms with van der Waals surface area (Å²) in [7, 11) is 4.19. The van der Waals surface area contributed by atoms with Gasteiger partial charge in [0.25, 0.3) is 0 Å². The average molecular weight is 191 g/mol. The Morgan fingerprint density at radius 1 is 1.36 bits per heavy atom. The van der Waals surface area contributed by atoms with E-state index in [2.05, 4.69) is 43.4 Å². The molecule has 1 rings (SSSR count). The van der Waals surface area contributed by atoms with Gasteiger partial charge in [-0.15, -0.1) is 0 Å². The molecule has 1 aromatic carbocycles. The summed E-state index contributed by atoms with van der Waals surface area (Å²) in [4.78, 5) is 2.19. The molecule has 1 radical (unpaired) electrons. The molecule has 1 N–H and O–H groups in total. The topological polar surface area (TPSA) is 15.3 Å². The lowest BCUT2D eigenvalue weighted by molar-refractivity contribution is 0.405. The predicted molar refractivity (Wildman–Crippen MR) is 62.6 cm³/mol. The summed E-state index contributed by atoms with van der Waals surface area (Å²) >= 11 is 0. The minimum atomic E-state index is 1.02. The molecule has 0 aliphatic carbocycles. The highest BCUT2D eigenvalue weighted by Crippen LogP contribution is 2.08. The Labute approximate surface area is 86.9 Å². The molecule has 1 aromatic rings. The fourth-order valence-corrected chi connectivity index (χ4v) is 1.31. The van der Waals surface area contributed by atoms with Gasteiger partial charge < -0.3 is 10.2 Å². The third kappa shape index (κ3) is 4.28. The van der Waals surface area contributed by atoms with Crippen molar-refractivity contribution in [2.24, 2.45) is 0 Å². The van der Waals surface area contributed by atoms with Crippen LogP contribution in [0.15, 0.2) is 24.3 Å². The largest absolute Gasteiger partial charge is 0.385 e. The maximum Gasteiger partial charge on any atom is 0.0342 e. The Bertz CT molecular complexity index is 269. The van der Waals surface area contributed by atoms with Gasteiger partial charge in [-0.25, -0.2) is 0 Å². The van der Waals surface area contributed by atoms with E-state index in [9.17, 15) is 0 Å². The van der Waals surface area contributed by atoms with Crippen molar-refractivity contribution in [3.8, 4) is 0 Å². The first kappa shape index (κ1) is 11.1. The molecule has 2 nitrogen and oxygen atoms in total. The fraction of sp³-hybridized carbons (Fsp3) is 0.417. The van der Waals surface area contributed by atoms with Crippen LogP contribution in [0.4, 0.5) is 5.69 Å². The van der Waals surface area contributed by atoms with Gasteiger partial charge in [0.15, 0.2) is 0 Å². The zero-order valence-electron chi connectivity index (χ0n) is 9.09. The molecule has 0 atom stereocenters. The van der Waals surface area contributed by atoms with Crippen LogP contribution in [0.2, 0.25) is 0 Å². The van der Waals surface area contributed by atoms with Crippen molar-refractivity contribution in [1.29, 1.82) is 0 Å². The summed E-state index contributed by atoms with van der Waals surface area (Å²) in [5, 5.41) is 3.37. The number of rotatable bonds is 5. The van der Waals surface area contributed by atoms with E-state index in [1.165, 1.54) is 0 Å². The van der Waals surface area contributed by atoms with Crippen LogP contribution in [0.25, 0.3) is 0 Å². The smallest absolute Gasteiger partial charge is 0.0342 e. The SMILES string of the molecule is [CH2]c1cccc(NCCCN(C)C)c1. The summed E-state index contributed by atoms with van der Waals surface area (Å²) in [5.74, 6) is 0. The maximum absolute atomic E-state index is 3.89. The Balaban J connectivity index is 2.25. The second-order valence-corrected chi connectivity index (χ2v) is 3.78. The molecule has 14 heavy (non-hydrogen) atoms. The van der Waals surface area contributed by atoms with Crippen LogP contribution in [0.5, 0.6) is 0 Å². The number of nitrogens with zero attached hydrogens (tertiary/aromatic N) is 1. The second kappa shape index (κ2) is 5.66. The summed E-state index contributed by atoms with van der Waals surface area (Å²) in [6.45, 7) is 6.03. The molecule has 0 spiro atoms. The van der Waals surface area contributed by atoms with Crippen LogP contribution in [0.1, 0.15) is 12.0 Å². The standard InChI is InChI=1S/C12H19N2/c1-11-6-4-7-12(10-11)13-8-5-9-14(2)3/h4,6-7,10,13H,1,5,8-9H2,2-3H3. The Hall–Kier alpha value is -1.02. The lowest BCUT2D eigenvalue weighted by Crippen LogP contribution is -2.16. The van der Waals surface area contributed by atoms with Crippen LogP contribution < -0.4 is 5.32 Å². The summed E-state index contributed by atoms with van der Waals surface area (Å²) in [6.07, 6.45) is 1.16. The molecule has 0 bridgehead atoms. The average Bonchev–Trinajstić information content (AvgIpc) is 2.12. The van der Waals surface area contributed by atoms with E-state index in [-0.39, 0.29) is 0 Å². The van der Waals surface area contributed by atoms with E-state index >= 15 is 0 Å². The molecule has 77 valence electrons. The van der Waals surface area contributed by atoms with Crippen molar-refractivity contribution in [1.82, 2.24) is 4.90 Å². The van der Waals surface area contributed by atoms with Gasteiger partial charge in [0.2, 0.25) is 0 Å². The maximum atomic E-state index is 3.89. The van der Waals surface area contributed by atoms with Gasteiger partial charge in [-0.1, -0.05) is 12.1 Å². The fourth-order valence-electron chi connectivity index (χ4n) is 1.31. The lowest BCUT2D eigenvalue weighted by Gasteiger charge is -2.10. The third-order valence-electron chi connectivity index (χ3n) is 2.04. The Morgan fingerprint density at radius 3 is 2.79 bits per heavy atom. The van der Waals surface area contributed by atoms with Crippen LogP contribution in [0, 0.1) is 6.92 Å². The molecule has 0 saturated heterocycles. The van der Waals surface area contributed by atoms with E-state index in [1.807, 2.05) is 12.1 Å². The van der Waals surface area contributed by atoms with Crippen molar-refractivity contribution in [2.45, 2.75) is 6.42 Å². The molecule has 0 heterocycles. The number of hydrogen-bond acceptors (Lipinski definition) is 2. The van der Waals surface area contributed by atoms with Crippen LogP contribution >= 0.6 is 0 Å². The van der Waals surface area contributed by atoms with E-state index < -0.39 is 0 Å². The van der Waals surface area contributed by atoms with Crippen molar-refractivity contribution in [3.05, 3.63) is 36.8 Å². The van der Waals surface area contributed by atoms with Gasteiger partial charge in [-0.2, -0.15) is 0 Å². The van der Waals surface area contributed by atoms with Crippen LogP contribution in [-0.2, 0) is 0 Å². The monoisotopic (exact) mass is 191 g/mol. The first-order valence-electron chi connectivity index (χ1n) is 4.99. The van der Waals surface area contributed by atoms with E-state index in [0.717, 1.165) is 30.8 Å². The van der Waals surface area contributed by atoms with Gasteiger partial charge in [-0.3, -0.25) is 0 Å². The minimum absolute atomic E-state index is 1.02. The molecule has 0 fully saturated rings. The van der Waals surface area contributed by atoms with Crippen molar-refractivity contribution in [3.63, 3.8) is 0 Å². The van der Waals surface area contributed by atoms with E-state index in [4.69, 9.17) is 0 Å². The van der Waals surface area contributed by atoms with Gasteiger partial charge in [-0.05, 0) is 51.7 Å². The first-order valence-corrected chi connectivity index (χ1v) is 4.99. The zero-order chi connectivity index (χ0) is 10.4. The summed E-state index contributed by atoms with van der Waals surface area (Å²) in [5.41, 5.74) is 2.22. The second-order valence-electron chi connectivity index (χ2n) is 3.78. The molecule has 0 aliphatic heterocycles. The highest BCUT2D eigenvalue weighted by atomic mass is 15.1. The number of anilines is 1. The molecular formula is C12H19N2. The zero-order valence-corrected chi connectivity index (χ0v) is 9.09. The highest BCUT2D eigenvalue weighted by Gasteiger charge is 1.92. The number of nitrogens with one attached hydrogen (secondary N) is 1. The Kier molecular flexibility index (Phi) is 4.47. The van der Waals surface area contributed by atoms with Gasteiger partial charge in [0.05, 0.1) is 0 Å². The minimum Gasteiger partial charge on any atom is -0.385 e. The number of hydrogen-bond donors (Lipinski definition) is 1. The number of benzene rings is 1. The van der Waals surface area contributed by atoms with Gasteiger partial charge in [0, 0.05) is 12.2 Å². The summed E-state index contributed by atoms with van der Waals surface area (Å²) < 4.78 is 0. The lowest BCUT2D eigenvalue weighted by atomic mass is 10.2. The van der Waals surface area contributed by atoms with Crippen LogP contribution in [-0.4, -0.2) is 32.1 Å². The van der Waals surface area contributed by atoms with Gasteiger partial charge in [0.1, 0.15) is 0 Å². The molecule has 0 aromatic heterocycles. The third-order valence-corrected chi connectivity index (χ3v) is 2.04. The van der Waals surface area contributed by atoms with E-state index in [1.54, 1.807) is 0 Å². The van der Waals surface area contributed by atoms with Crippen molar-refractivity contribution in [2.75, 3.05) is 32.5 Å². The first-order chi connectivity index (χ1) is 6.68. The normalized spacial score (nSPS) is 10.6. The molecule has 0 aliphatic rings.